The van der Waals surface area contributed by atoms with Gasteiger partial charge in [-0.25, -0.2) is 0 Å². The third kappa shape index (κ3) is 4.85. The summed E-state index contributed by atoms with van der Waals surface area (Å²) < 4.78 is 5.46. The average molecular weight is 331 g/mol. The number of phenols is 1. The largest absolute Gasteiger partial charge is 0.508 e. The number of nitrogens with one attached hydrogen (secondary N) is 1. The van der Waals surface area contributed by atoms with E-state index in [1.807, 2.05) is 19.0 Å². The van der Waals surface area contributed by atoms with Crippen LogP contribution in [0, 0.1) is 0 Å². The van der Waals surface area contributed by atoms with Gasteiger partial charge in [0.2, 0.25) is 5.91 Å². The minimum atomic E-state index is -0.871. The Balaban J connectivity index is 2.04. The molecule has 0 unspecified atom stereocenters. The highest BCUT2D eigenvalue weighted by molar-refractivity contribution is 5.95. The zero-order chi connectivity index (χ0) is 17.7. The van der Waals surface area contributed by atoms with E-state index in [1.54, 1.807) is 24.3 Å². The number of primary amides is 1. The van der Waals surface area contributed by atoms with Crippen LogP contribution in [0.2, 0.25) is 0 Å². The first-order valence-electron chi connectivity index (χ1n) is 7.46. The second-order valence-corrected chi connectivity index (χ2v) is 5.80. The molecule has 2 amide bonds. The monoisotopic (exact) mass is 331 g/mol. The van der Waals surface area contributed by atoms with E-state index in [1.165, 1.54) is 12.1 Å². The predicted octanol–water partition coefficient (Wildman–Crippen LogP) is 0.873. The molecule has 0 spiro atoms. The van der Waals surface area contributed by atoms with E-state index in [0.29, 0.717) is 12.3 Å². The second kappa shape index (κ2) is 7.65. The number of phenolic OH excluding ortho intramolecular Hbond substituents is 1. The summed E-state index contributed by atoms with van der Waals surface area (Å²) in [6, 6.07) is 8.76. The van der Waals surface area contributed by atoms with E-state index in [4.69, 9.17) is 10.2 Å². The van der Waals surface area contributed by atoms with Gasteiger partial charge in [0.1, 0.15) is 17.6 Å². The highest BCUT2D eigenvalue weighted by Gasteiger charge is 2.21. The van der Waals surface area contributed by atoms with Crippen LogP contribution < -0.4 is 11.1 Å². The SMILES string of the molecule is CN(C)Cc1ccc(C(=O)N[C@@H](Cc2ccc(O)cc2)C(N)=O)o1. The molecule has 7 heteroatoms. The molecule has 0 radical (unpaired) electrons. The van der Waals surface area contributed by atoms with Crippen molar-refractivity contribution < 1.29 is 19.1 Å². The molecule has 0 aliphatic rings. The zero-order valence-electron chi connectivity index (χ0n) is 13.7. The van der Waals surface area contributed by atoms with Crippen LogP contribution in [-0.4, -0.2) is 42.0 Å². The Morgan fingerprint density at radius 3 is 2.46 bits per heavy atom. The van der Waals surface area contributed by atoms with Crippen LogP contribution in [-0.2, 0) is 17.8 Å². The van der Waals surface area contributed by atoms with Gasteiger partial charge in [-0.1, -0.05) is 12.1 Å². The molecule has 24 heavy (non-hydrogen) atoms. The number of benzene rings is 1. The predicted molar refractivity (Wildman–Crippen MR) is 88.4 cm³/mol. The number of carbonyl (C=O) groups excluding carboxylic acids is 2. The molecule has 0 saturated carbocycles. The van der Waals surface area contributed by atoms with Crippen LogP contribution in [0.4, 0.5) is 0 Å². The van der Waals surface area contributed by atoms with Crippen LogP contribution in [0.5, 0.6) is 5.75 Å². The van der Waals surface area contributed by atoms with Crippen LogP contribution >= 0.6 is 0 Å². The molecular formula is C17H21N3O4. The Bertz CT molecular complexity index is 707. The van der Waals surface area contributed by atoms with E-state index in [0.717, 1.165) is 5.56 Å². The van der Waals surface area contributed by atoms with Gasteiger partial charge in [0.15, 0.2) is 5.76 Å². The first kappa shape index (κ1) is 17.6. The summed E-state index contributed by atoms with van der Waals surface area (Å²) in [7, 11) is 3.78. The highest BCUT2D eigenvalue weighted by Crippen LogP contribution is 2.13. The third-order valence-corrected chi connectivity index (χ3v) is 3.38. The van der Waals surface area contributed by atoms with Crippen molar-refractivity contribution in [1.82, 2.24) is 10.2 Å². The lowest BCUT2D eigenvalue weighted by atomic mass is 10.1. The highest BCUT2D eigenvalue weighted by atomic mass is 16.4. The molecule has 0 fully saturated rings. The molecule has 0 aliphatic carbocycles. The quantitative estimate of drug-likeness (QED) is 0.698. The number of amides is 2. The van der Waals surface area contributed by atoms with Crippen molar-refractivity contribution in [3.63, 3.8) is 0 Å². The van der Waals surface area contributed by atoms with Gasteiger partial charge >= 0.3 is 0 Å². The van der Waals surface area contributed by atoms with Crippen molar-refractivity contribution in [3.8, 4) is 5.75 Å². The summed E-state index contributed by atoms with van der Waals surface area (Å²) in [5.74, 6) is -0.232. The molecule has 2 rings (SSSR count). The second-order valence-electron chi connectivity index (χ2n) is 5.80. The lowest BCUT2D eigenvalue weighted by Crippen LogP contribution is -2.45. The van der Waals surface area contributed by atoms with Crippen molar-refractivity contribution in [2.45, 2.75) is 19.0 Å². The minimum Gasteiger partial charge on any atom is -0.508 e. The van der Waals surface area contributed by atoms with Crippen molar-refractivity contribution in [2.75, 3.05) is 14.1 Å². The smallest absolute Gasteiger partial charge is 0.287 e. The van der Waals surface area contributed by atoms with Gasteiger partial charge in [0.05, 0.1) is 6.54 Å². The average Bonchev–Trinajstić information content (AvgIpc) is 2.96. The number of nitrogens with zero attached hydrogens (tertiary/aromatic N) is 1. The summed E-state index contributed by atoms with van der Waals surface area (Å²) in [6.07, 6.45) is 0.229. The molecular weight excluding hydrogens is 310 g/mol. The van der Waals surface area contributed by atoms with Crippen molar-refractivity contribution in [3.05, 3.63) is 53.5 Å². The molecule has 0 saturated heterocycles. The summed E-state index contributed by atoms with van der Waals surface area (Å²) in [4.78, 5) is 25.8. The molecule has 7 nitrogen and oxygen atoms in total. The van der Waals surface area contributed by atoms with Gasteiger partial charge in [-0.05, 0) is 43.9 Å². The maximum atomic E-state index is 12.2. The number of furan rings is 1. The fraction of sp³-hybridized carbons (Fsp3) is 0.294. The molecule has 2 aromatic rings. The standard InChI is InChI=1S/C17H21N3O4/c1-20(2)10-13-7-8-15(24-13)17(23)19-14(16(18)22)9-11-3-5-12(21)6-4-11/h3-8,14,21H,9-10H2,1-2H3,(H2,18,22)(H,19,23)/t14-/m0/s1. The summed E-state index contributed by atoms with van der Waals surface area (Å²) in [5, 5.41) is 11.9. The summed E-state index contributed by atoms with van der Waals surface area (Å²) >= 11 is 0. The van der Waals surface area contributed by atoms with Crippen molar-refractivity contribution in [2.24, 2.45) is 5.73 Å². The van der Waals surface area contributed by atoms with Crippen molar-refractivity contribution >= 4 is 11.8 Å². The van der Waals surface area contributed by atoms with Crippen LogP contribution in [0.3, 0.4) is 0 Å². The Morgan fingerprint density at radius 1 is 1.21 bits per heavy atom. The topological polar surface area (TPSA) is 109 Å². The number of rotatable bonds is 7. The fourth-order valence-electron chi connectivity index (χ4n) is 2.22. The zero-order valence-corrected chi connectivity index (χ0v) is 13.7. The van der Waals surface area contributed by atoms with Gasteiger partial charge in [-0.15, -0.1) is 0 Å². The van der Waals surface area contributed by atoms with E-state index in [2.05, 4.69) is 5.32 Å². The van der Waals surface area contributed by atoms with Crippen LogP contribution in [0.25, 0.3) is 0 Å². The van der Waals surface area contributed by atoms with Gasteiger partial charge in [0, 0.05) is 6.42 Å². The van der Waals surface area contributed by atoms with E-state index in [-0.39, 0.29) is 17.9 Å². The van der Waals surface area contributed by atoms with Crippen LogP contribution in [0.15, 0.2) is 40.8 Å². The first-order chi connectivity index (χ1) is 11.3. The number of aromatic hydroxyl groups is 1. The Hall–Kier alpha value is -2.80. The number of carbonyl (C=O) groups is 2. The molecule has 1 heterocycles. The lowest BCUT2D eigenvalue weighted by molar-refractivity contribution is -0.119. The van der Waals surface area contributed by atoms with E-state index in [9.17, 15) is 14.7 Å². The maximum Gasteiger partial charge on any atom is 0.287 e. The third-order valence-electron chi connectivity index (χ3n) is 3.38. The van der Waals surface area contributed by atoms with E-state index < -0.39 is 17.9 Å². The molecule has 1 atom stereocenters. The van der Waals surface area contributed by atoms with Crippen molar-refractivity contribution in [1.29, 1.82) is 0 Å². The van der Waals surface area contributed by atoms with Gasteiger partial charge in [-0.2, -0.15) is 0 Å². The van der Waals surface area contributed by atoms with E-state index >= 15 is 0 Å². The molecule has 0 aliphatic heterocycles. The van der Waals surface area contributed by atoms with Gasteiger partial charge in [-0.3, -0.25) is 9.59 Å². The minimum absolute atomic E-state index is 0.127. The molecule has 1 aromatic carbocycles. The fourth-order valence-corrected chi connectivity index (χ4v) is 2.22. The summed E-state index contributed by atoms with van der Waals surface area (Å²) in [6.45, 7) is 0.569. The number of nitrogens with two attached hydrogens (primary N) is 1. The Labute approximate surface area is 140 Å². The Morgan fingerprint density at radius 2 is 1.88 bits per heavy atom. The molecule has 0 bridgehead atoms. The summed E-state index contributed by atoms with van der Waals surface area (Å²) in [5.41, 5.74) is 6.14. The maximum absolute atomic E-state index is 12.2. The van der Waals surface area contributed by atoms with Gasteiger partial charge in [0.25, 0.3) is 5.91 Å². The van der Waals surface area contributed by atoms with Crippen LogP contribution in [0.1, 0.15) is 21.9 Å². The molecule has 1 aromatic heterocycles. The van der Waals surface area contributed by atoms with Gasteiger partial charge < -0.3 is 25.5 Å². The lowest BCUT2D eigenvalue weighted by Gasteiger charge is -2.15. The Kier molecular flexibility index (Phi) is 5.59. The molecule has 4 N–H and O–H groups in total. The number of hydrogen-bond acceptors (Lipinski definition) is 5. The normalized spacial score (nSPS) is 12.1. The first-order valence-corrected chi connectivity index (χ1v) is 7.46. The number of hydrogen-bond donors (Lipinski definition) is 3. The molecule has 128 valence electrons.